The van der Waals surface area contributed by atoms with Crippen molar-refractivity contribution in [3.63, 3.8) is 0 Å². The van der Waals surface area contributed by atoms with Crippen LogP contribution in [0.3, 0.4) is 0 Å². The number of hydrogen-bond donors (Lipinski definition) is 2. The number of aliphatic carboxylic acids is 1. The molecule has 0 aliphatic carbocycles. The van der Waals surface area contributed by atoms with Gasteiger partial charge in [-0.3, -0.25) is 4.79 Å². The fraction of sp³-hybridized carbons (Fsp3) is 0.516. The van der Waals surface area contributed by atoms with Crippen molar-refractivity contribution in [3.05, 3.63) is 47.5 Å². The van der Waals surface area contributed by atoms with Gasteiger partial charge < -0.3 is 29.5 Å². The number of carboxylic acids is 1. The Bertz CT molecular complexity index is 1340. The second-order valence-corrected chi connectivity index (χ2v) is 12.7. The molecule has 2 aromatic carbocycles. The first-order valence-electron chi connectivity index (χ1n) is 13.5. The summed E-state index contributed by atoms with van der Waals surface area (Å²) in [6.45, 7) is 9.59. The van der Waals surface area contributed by atoms with Crippen LogP contribution in [0.5, 0.6) is 5.75 Å². The third kappa shape index (κ3) is 5.80. The Morgan fingerprint density at radius 1 is 1.12 bits per heavy atom. The number of hydrogen-bond acceptors (Lipinski definition) is 6. The van der Waals surface area contributed by atoms with Crippen molar-refractivity contribution < 1.29 is 33.7 Å². The first kappa shape index (κ1) is 29.4. The minimum absolute atomic E-state index is 0.0179. The number of cyclic esters (lactones) is 1. The Morgan fingerprint density at radius 2 is 1.85 bits per heavy atom. The standard InChI is InChI=1S/C31H40N2O7/c1-29(2,3)25-26(34)33-17-31(39-7,16-23(33)27(35)36)22-11-10-19-15-24(38-6)20(13-21(19)14-22)9-8-12-30(4,5)18-40-28(37)32-25/h8-11,13-15,23,25H,12,16-18H2,1-7H3,(H,32,37)(H,35,36)/b9-8-/t23-,25+,31-/m0/s1. The second kappa shape index (κ2) is 10.8. The molecule has 0 saturated carbocycles. The largest absolute Gasteiger partial charge is 0.496 e. The lowest BCUT2D eigenvalue weighted by atomic mass is 9.85. The monoisotopic (exact) mass is 552 g/mol. The number of nitrogens with zero attached hydrogens (tertiary/aromatic N) is 1. The van der Waals surface area contributed by atoms with E-state index in [1.165, 1.54) is 12.0 Å². The van der Waals surface area contributed by atoms with Crippen LogP contribution in [0.2, 0.25) is 0 Å². The van der Waals surface area contributed by atoms with Gasteiger partial charge in [-0.25, -0.2) is 9.59 Å². The van der Waals surface area contributed by atoms with E-state index < -0.39 is 41.1 Å². The van der Waals surface area contributed by atoms with Gasteiger partial charge in [0.05, 0.1) is 20.3 Å². The number of allylic oxidation sites excluding steroid dienone is 1. The zero-order valence-electron chi connectivity index (χ0n) is 24.4. The molecular weight excluding hydrogens is 512 g/mol. The van der Waals surface area contributed by atoms with E-state index in [1.54, 1.807) is 7.11 Å². The summed E-state index contributed by atoms with van der Waals surface area (Å²) >= 11 is 0. The van der Waals surface area contributed by atoms with Crippen molar-refractivity contribution in [2.75, 3.05) is 27.4 Å². The predicted octanol–water partition coefficient (Wildman–Crippen LogP) is 4.96. The molecule has 0 unspecified atom stereocenters. The fourth-order valence-electron chi connectivity index (χ4n) is 5.48. The topological polar surface area (TPSA) is 114 Å². The maximum atomic E-state index is 14.0. The van der Waals surface area contributed by atoms with Crippen molar-refractivity contribution in [2.24, 2.45) is 10.8 Å². The Morgan fingerprint density at radius 3 is 2.48 bits per heavy atom. The molecule has 2 heterocycles. The number of fused-ring (bicyclic) bond motifs is 5. The molecule has 2 aliphatic heterocycles. The molecule has 0 aromatic heterocycles. The lowest BCUT2D eigenvalue weighted by Crippen LogP contribution is -2.57. The van der Waals surface area contributed by atoms with E-state index in [0.29, 0.717) is 6.42 Å². The molecule has 2 aromatic rings. The van der Waals surface area contributed by atoms with Gasteiger partial charge in [0.2, 0.25) is 5.91 Å². The van der Waals surface area contributed by atoms with Crippen LogP contribution >= 0.6 is 0 Å². The van der Waals surface area contributed by atoms with Crippen LogP contribution in [0.1, 0.15) is 58.6 Å². The van der Waals surface area contributed by atoms with Crippen molar-refractivity contribution in [3.8, 4) is 5.75 Å². The molecule has 1 fully saturated rings. The minimum atomic E-state index is -1.14. The molecule has 9 nitrogen and oxygen atoms in total. The van der Waals surface area contributed by atoms with Gasteiger partial charge in [0, 0.05) is 24.5 Å². The Labute approximate surface area is 235 Å². The molecule has 216 valence electrons. The Balaban J connectivity index is 1.89. The highest BCUT2D eigenvalue weighted by atomic mass is 16.5. The molecule has 1 saturated heterocycles. The van der Waals surface area contributed by atoms with Gasteiger partial charge in [0.25, 0.3) is 0 Å². The van der Waals surface area contributed by atoms with Crippen molar-refractivity contribution in [1.29, 1.82) is 0 Å². The average Bonchev–Trinajstić information content (AvgIpc) is 3.30. The summed E-state index contributed by atoms with van der Waals surface area (Å²) in [7, 11) is 3.16. The lowest BCUT2D eigenvalue weighted by Gasteiger charge is -2.35. The number of ether oxygens (including phenoxy) is 3. The van der Waals surface area contributed by atoms with E-state index in [1.807, 2.05) is 77.1 Å². The number of carboxylic acid groups (broad SMARTS) is 1. The molecule has 2 amide bonds. The highest BCUT2D eigenvalue weighted by Gasteiger charge is 2.52. The first-order chi connectivity index (χ1) is 18.7. The molecule has 2 aliphatic rings. The summed E-state index contributed by atoms with van der Waals surface area (Å²) in [5.74, 6) is -0.905. The normalized spacial score (nSPS) is 26.2. The number of carbonyl (C=O) groups excluding carboxylic acids is 2. The van der Waals surface area contributed by atoms with Crippen molar-refractivity contribution >= 4 is 34.8 Å². The summed E-state index contributed by atoms with van der Waals surface area (Å²) in [6, 6.07) is 7.70. The molecule has 2 N–H and O–H groups in total. The highest BCUT2D eigenvalue weighted by molar-refractivity contribution is 5.91. The number of benzene rings is 2. The smallest absolute Gasteiger partial charge is 0.407 e. The maximum absolute atomic E-state index is 14.0. The van der Waals surface area contributed by atoms with Crippen LogP contribution in [0.4, 0.5) is 4.79 Å². The summed E-state index contributed by atoms with van der Waals surface area (Å²) in [5, 5.41) is 14.8. The van der Waals surface area contributed by atoms with E-state index in [-0.39, 0.29) is 25.0 Å². The van der Waals surface area contributed by atoms with Crippen LogP contribution in [-0.4, -0.2) is 67.4 Å². The molecule has 9 heteroatoms. The van der Waals surface area contributed by atoms with E-state index in [4.69, 9.17) is 14.2 Å². The van der Waals surface area contributed by atoms with Crippen LogP contribution in [0.25, 0.3) is 16.8 Å². The quantitative estimate of drug-likeness (QED) is 0.553. The van der Waals surface area contributed by atoms with E-state index >= 15 is 0 Å². The molecule has 0 radical (unpaired) electrons. The van der Waals surface area contributed by atoms with Crippen molar-refractivity contribution in [2.45, 2.75) is 65.1 Å². The van der Waals surface area contributed by atoms with Crippen LogP contribution in [0.15, 0.2) is 36.4 Å². The van der Waals surface area contributed by atoms with Crippen LogP contribution in [-0.2, 0) is 24.7 Å². The zero-order valence-corrected chi connectivity index (χ0v) is 24.4. The third-order valence-corrected chi connectivity index (χ3v) is 7.94. The average molecular weight is 553 g/mol. The van der Waals surface area contributed by atoms with Gasteiger partial charge >= 0.3 is 12.1 Å². The lowest BCUT2D eigenvalue weighted by molar-refractivity contribution is -0.150. The Kier molecular flexibility index (Phi) is 7.91. The third-order valence-electron chi connectivity index (χ3n) is 7.94. The van der Waals surface area contributed by atoms with Gasteiger partial charge in [-0.15, -0.1) is 0 Å². The molecule has 40 heavy (non-hydrogen) atoms. The SMILES string of the molecule is COc1cc2ccc3cc2cc1/C=C\CC(C)(C)COC(=O)N[C@@H](C(C)(C)C)C(=O)N1C[C@@]3(OC)C[C@H]1C(=O)O. The number of carbonyl (C=O) groups is 3. The number of alkyl carbamates (subject to hydrolysis) is 1. The zero-order chi connectivity index (χ0) is 29.5. The maximum Gasteiger partial charge on any atom is 0.407 e. The van der Waals surface area contributed by atoms with E-state index in [9.17, 15) is 19.5 Å². The minimum Gasteiger partial charge on any atom is -0.496 e. The molecular formula is C31H40N2O7. The first-order valence-corrected chi connectivity index (χ1v) is 13.5. The van der Waals surface area contributed by atoms with Crippen LogP contribution in [0, 0.1) is 10.8 Å². The van der Waals surface area contributed by atoms with Gasteiger partial charge in [-0.1, -0.05) is 58.9 Å². The summed E-state index contributed by atoms with van der Waals surface area (Å²) in [4.78, 5) is 40.7. The van der Waals surface area contributed by atoms with Crippen LogP contribution < -0.4 is 10.1 Å². The number of amides is 2. The van der Waals surface area contributed by atoms with Gasteiger partial charge in [0.15, 0.2) is 0 Å². The molecule has 5 bridgehead atoms. The fourth-order valence-corrected chi connectivity index (χ4v) is 5.48. The van der Waals surface area contributed by atoms with E-state index in [0.717, 1.165) is 27.6 Å². The van der Waals surface area contributed by atoms with Crippen molar-refractivity contribution in [1.82, 2.24) is 10.2 Å². The number of methoxy groups -OCH3 is 2. The second-order valence-electron chi connectivity index (χ2n) is 12.7. The highest BCUT2D eigenvalue weighted by Crippen LogP contribution is 2.42. The molecule has 4 rings (SSSR count). The van der Waals surface area contributed by atoms with Gasteiger partial charge in [-0.05, 0) is 46.4 Å². The van der Waals surface area contributed by atoms with Gasteiger partial charge in [0.1, 0.15) is 23.4 Å². The van der Waals surface area contributed by atoms with Gasteiger partial charge in [-0.2, -0.15) is 0 Å². The summed E-state index contributed by atoms with van der Waals surface area (Å²) < 4.78 is 17.2. The number of rotatable bonds is 3. The Hall–Kier alpha value is -3.59. The number of nitrogens with one attached hydrogen (secondary N) is 1. The molecule has 3 atom stereocenters. The van der Waals surface area contributed by atoms with E-state index in [2.05, 4.69) is 5.32 Å². The predicted molar refractivity (Wildman–Crippen MR) is 152 cm³/mol. The molecule has 0 spiro atoms. The summed E-state index contributed by atoms with van der Waals surface area (Å²) in [5.41, 5.74) is -0.491. The summed E-state index contributed by atoms with van der Waals surface area (Å²) in [6.07, 6.45) is 3.99.